The van der Waals surface area contributed by atoms with Gasteiger partial charge in [-0.25, -0.2) is 4.98 Å². The van der Waals surface area contributed by atoms with Gasteiger partial charge < -0.3 is 14.8 Å². The van der Waals surface area contributed by atoms with Crippen molar-refractivity contribution in [3.63, 3.8) is 0 Å². The van der Waals surface area contributed by atoms with Crippen LogP contribution in [0.4, 0.5) is 0 Å². The quantitative estimate of drug-likeness (QED) is 0.699. The van der Waals surface area contributed by atoms with Gasteiger partial charge in [-0.1, -0.05) is 12.1 Å². The molecule has 0 aliphatic rings. The standard InChI is InChI=1S/C16H16N2O2/c19-10-3-11-20-13-8-6-12(7-9-13)16-17-14-4-1-2-5-15(14)18-16/h1-2,4-9,19H,3,10-11H2,(H,17,18). The number of aromatic amines is 1. The molecule has 2 N–H and O–H groups in total. The number of rotatable bonds is 5. The monoisotopic (exact) mass is 268 g/mol. The fourth-order valence-electron chi connectivity index (χ4n) is 2.05. The van der Waals surface area contributed by atoms with Crippen molar-refractivity contribution in [2.24, 2.45) is 0 Å². The molecule has 4 nitrogen and oxygen atoms in total. The Hall–Kier alpha value is -2.33. The second-order valence-electron chi connectivity index (χ2n) is 4.55. The third-order valence-electron chi connectivity index (χ3n) is 3.09. The molecule has 4 heteroatoms. The summed E-state index contributed by atoms with van der Waals surface area (Å²) < 4.78 is 5.51. The highest BCUT2D eigenvalue weighted by molar-refractivity contribution is 5.79. The lowest BCUT2D eigenvalue weighted by molar-refractivity contribution is 0.233. The number of aromatic nitrogens is 2. The van der Waals surface area contributed by atoms with Gasteiger partial charge in [0.05, 0.1) is 17.6 Å². The van der Waals surface area contributed by atoms with E-state index in [1.807, 2.05) is 48.5 Å². The topological polar surface area (TPSA) is 58.1 Å². The molecule has 102 valence electrons. The van der Waals surface area contributed by atoms with E-state index in [9.17, 15) is 0 Å². The average Bonchev–Trinajstić information content (AvgIpc) is 2.92. The van der Waals surface area contributed by atoms with Crippen LogP contribution >= 0.6 is 0 Å². The highest BCUT2D eigenvalue weighted by atomic mass is 16.5. The van der Waals surface area contributed by atoms with E-state index in [0.717, 1.165) is 28.2 Å². The molecule has 1 heterocycles. The number of nitrogens with zero attached hydrogens (tertiary/aromatic N) is 1. The van der Waals surface area contributed by atoms with E-state index >= 15 is 0 Å². The second-order valence-corrected chi connectivity index (χ2v) is 4.55. The molecule has 1 aromatic heterocycles. The average molecular weight is 268 g/mol. The lowest BCUT2D eigenvalue weighted by atomic mass is 10.2. The van der Waals surface area contributed by atoms with E-state index in [2.05, 4.69) is 9.97 Å². The summed E-state index contributed by atoms with van der Waals surface area (Å²) in [6.45, 7) is 0.678. The molecule has 3 aromatic rings. The minimum atomic E-state index is 0.150. The molecular weight excluding hydrogens is 252 g/mol. The largest absolute Gasteiger partial charge is 0.494 e. The summed E-state index contributed by atoms with van der Waals surface area (Å²) in [7, 11) is 0. The number of aliphatic hydroxyl groups is 1. The second kappa shape index (κ2) is 5.75. The number of hydrogen-bond acceptors (Lipinski definition) is 3. The minimum absolute atomic E-state index is 0.150. The van der Waals surface area contributed by atoms with Crippen LogP contribution < -0.4 is 4.74 Å². The molecule has 3 rings (SSSR count). The van der Waals surface area contributed by atoms with Crippen LogP contribution in [0.2, 0.25) is 0 Å². The van der Waals surface area contributed by atoms with Gasteiger partial charge in [-0.2, -0.15) is 0 Å². The van der Waals surface area contributed by atoms with Gasteiger partial charge in [0, 0.05) is 18.6 Å². The highest BCUT2D eigenvalue weighted by Gasteiger charge is 2.04. The first-order valence-electron chi connectivity index (χ1n) is 6.65. The van der Waals surface area contributed by atoms with Gasteiger partial charge in [0.25, 0.3) is 0 Å². The smallest absolute Gasteiger partial charge is 0.138 e. The Balaban J connectivity index is 1.79. The van der Waals surface area contributed by atoms with E-state index in [4.69, 9.17) is 9.84 Å². The summed E-state index contributed by atoms with van der Waals surface area (Å²) >= 11 is 0. The van der Waals surface area contributed by atoms with Gasteiger partial charge in [-0.15, -0.1) is 0 Å². The van der Waals surface area contributed by atoms with Crippen LogP contribution in [0.15, 0.2) is 48.5 Å². The zero-order valence-corrected chi connectivity index (χ0v) is 11.0. The number of hydrogen-bond donors (Lipinski definition) is 2. The minimum Gasteiger partial charge on any atom is -0.494 e. The van der Waals surface area contributed by atoms with Crippen molar-refractivity contribution in [2.75, 3.05) is 13.2 Å². The van der Waals surface area contributed by atoms with Crippen molar-refractivity contribution in [3.05, 3.63) is 48.5 Å². The van der Waals surface area contributed by atoms with Crippen molar-refractivity contribution >= 4 is 11.0 Å². The van der Waals surface area contributed by atoms with Gasteiger partial charge in [0.2, 0.25) is 0 Å². The van der Waals surface area contributed by atoms with Crippen LogP contribution in [0, 0.1) is 0 Å². The summed E-state index contributed by atoms with van der Waals surface area (Å²) in [5, 5.41) is 8.71. The van der Waals surface area contributed by atoms with Gasteiger partial charge in [-0.05, 0) is 36.4 Å². The molecule has 0 bridgehead atoms. The van der Waals surface area contributed by atoms with Gasteiger partial charge >= 0.3 is 0 Å². The number of aliphatic hydroxyl groups excluding tert-OH is 1. The fraction of sp³-hybridized carbons (Fsp3) is 0.188. The number of fused-ring (bicyclic) bond motifs is 1. The van der Waals surface area contributed by atoms with Gasteiger partial charge in [-0.3, -0.25) is 0 Å². The molecule has 0 saturated heterocycles. The Kier molecular flexibility index (Phi) is 3.65. The maximum absolute atomic E-state index is 8.71. The number of para-hydroxylation sites is 2. The van der Waals surface area contributed by atoms with Crippen molar-refractivity contribution in [1.29, 1.82) is 0 Å². The summed E-state index contributed by atoms with van der Waals surface area (Å²) in [6.07, 6.45) is 0.644. The number of benzene rings is 2. The van der Waals surface area contributed by atoms with Crippen molar-refractivity contribution < 1.29 is 9.84 Å². The van der Waals surface area contributed by atoms with Crippen molar-refractivity contribution in [2.45, 2.75) is 6.42 Å². The predicted molar refractivity (Wildman–Crippen MR) is 78.7 cm³/mol. The van der Waals surface area contributed by atoms with Crippen LogP contribution in [-0.4, -0.2) is 28.3 Å². The van der Waals surface area contributed by atoms with Crippen molar-refractivity contribution in [1.82, 2.24) is 9.97 Å². The van der Waals surface area contributed by atoms with Crippen LogP contribution in [-0.2, 0) is 0 Å². The zero-order valence-electron chi connectivity index (χ0n) is 11.0. The summed E-state index contributed by atoms with van der Waals surface area (Å²) in [6, 6.07) is 15.8. The van der Waals surface area contributed by atoms with E-state index in [0.29, 0.717) is 13.0 Å². The molecule has 0 fully saturated rings. The molecule has 0 atom stereocenters. The molecule has 20 heavy (non-hydrogen) atoms. The molecule has 2 aromatic carbocycles. The summed E-state index contributed by atoms with van der Waals surface area (Å²) in [4.78, 5) is 7.86. The first-order valence-corrected chi connectivity index (χ1v) is 6.65. The van der Waals surface area contributed by atoms with Crippen LogP contribution in [0.5, 0.6) is 5.75 Å². The molecule has 0 spiro atoms. The van der Waals surface area contributed by atoms with Crippen LogP contribution in [0.1, 0.15) is 6.42 Å². The molecule has 0 radical (unpaired) electrons. The van der Waals surface area contributed by atoms with E-state index in [1.165, 1.54) is 0 Å². The molecule has 0 saturated carbocycles. The maximum atomic E-state index is 8.71. The third kappa shape index (κ3) is 2.65. The SMILES string of the molecule is OCCCOc1ccc(-c2nc3ccccc3[nH]2)cc1. The summed E-state index contributed by atoms with van der Waals surface area (Å²) in [5.74, 6) is 1.66. The van der Waals surface area contributed by atoms with Gasteiger partial charge in [0.1, 0.15) is 11.6 Å². The third-order valence-corrected chi connectivity index (χ3v) is 3.09. The molecule has 0 aliphatic carbocycles. The van der Waals surface area contributed by atoms with Crippen LogP contribution in [0.3, 0.4) is 0 Å². The lowest BCUT2D eigenvalue weighted by Crippen LogP contribution is -1.99. The Morgan fingerprint density at radius 1 is 1.05 bits per heavy atom. The maximum Gasteiger partial charge on any atom is 0.138 e. The van der Waals surface area contributed by atoms with E-state index in [-0.39, 0.29) is 6.61 Å². The number of nitrogens with one attached hydrogen (secondary N) is 1. The zero-order chi connectivity index (χ0) is 13.8. The van der Waals surface area contributed by atoms with Crippen LogP contribution in [0.25, 0.3) is 22.4 Å². The Morgan fingerprint density at radius 2 is 1.85 bits per heavy atom. The number of ether oxygens (including phenoxy) is 1. The predicted octanol–water partition coefficient (Wildman–Crippen LogP) is 2.99. The Bertz CT molecular complexity index is 656. The van der Waals surface area contributed by atoms with Gasteiger partial charge in [0.15, 0.2) is 0 Å². The number of H-pyrrole nitrogens is 1. The van der Waals surface area contributed by atoms with Crippen molar-refractivity contribution in [3.8, 4) is 17.1 Å². The van der Waals surface area contributed by atoms with E-state index in [1.54, 1.807) is 0 Å². The molecular formula is C16H16N2O2. The Labute approximate surface area is 117 Å². The Morgan fingerprint density at radius 3 is 2.60 bits per heavy atom. The molecule has 0 aliphatic heterocycles. The number of imidazole rings is 1. The first-order chi connectivity index (χ1) is 9.86. The lowest BCUT2D eigenvalue weighted by Gasteiger charge is -2.05. The molecule has 0 amide bonds. The summed E-state index contributed by atoms with van der Waals surface area (Å²) in [5.41, 5.74) is 3.02. The normalized spacial score (nSPS) is 10.8. The van der Waals surface area contributed by atoms with E-state index < -0.39 is 0 Å². The molecule has 0 unspecified atom stereocenters. The first kappa shape index (κ1) is 12.7. The fourth-order valence-corrected chi connectivity index (χ4v) is 2.05. The highest BCUT2D eigenvalue weighted by Crippen LogP contribution is 2.22.